The van der Waals surface area contributed by atoms with Crippen molar-refractivity contribution in [2.75, 3.05) is 6.54 Å². The lowest BCUT2D eigenvalue weighted by Crippen LogP contribution is -2.21. The Labute approximate surface area is 140 Å². The minimum Gasteiger partial charge on any atom is -0.306 e. The second kappa shape index (κ2) is 6.64. The number of aryl methyl sites for hydroxylation is 1. The largest absolute Gasteiger partial charge is 0.306 e. The van der Waals surface area contributed by atoms with Gasteiger partial charge in [-0.2, -0.15) is 0 Å². The fourth-order valence-corrected chi connectivity index (χ4v) is 4.05. The molecule has 2 rings (SSSR count). The second-order valence-corrected chi connectivity index (χ2v) is 8.56. The Morgan fingerprint density at radius 2 is 1.81 bits per heavy atom. The minimum absolute atomic E-state index is 0.203. The van der Waals surface area contributed by atoms with Crippen LogP contribution in [0.1, 0.15) is 54.6 Å². The molecule has 1 heterocycles. The second-order valence-electron chi connectivity index (χ2n) is 6.42. The van der Waals surface area contributed by atoms with Crippen LogP contribution in [0.15, 0.2) is 34.8 Å². The van der Waals surface area contributed by atoms with Crippen molar-refractivity contribution in [2.24, 2.45) is 0 Å². The van der Waals surface area contributed by atoms with Crippen LogP contribution in [-0.2, 0) is 5.41 Å². The average Bonchev–Trinajstić information content (AvgIpc) is 2.75. The van der Waals surface area contributed by atoms with Gasteiger partial charge in [-0.25, -0.2) is 0 Å². The molecule has 114 valence electrons. The third-order valence-electron chi connectivity index (χ3n) is 3.68. The highest BCUT2D eigenvalue weighted by atomic mass is 79.9. The normalized spacial score (nSPS) is 13.4. The van der Waals surface area contributed by atoms with Crippen LogP contribution in [0.2, 0.25) is 0 Å². The molecular weight excluding hydrogens is 342 g/mol. The summed E-state index contributed by atoms with van der Waals surface area (Å²) in [6.45, 7) is 12.0. The summed E-state index contributed by atoms with van der Waals surface area (Å²) in [5.41, 5.74) is 2.91. The third kappa shape index (κ3) is 3.97. The molecule has 0 amide bonds. The van der Waals surface area contributed by atoms with Crippen LogP contribution in [0.25, 0.3) is 0 Å². The Balaban J connectivity index is 2.34. The lowest BCUT2D eigenvalue weighted by Gasteiger charge is -2.21. The van der Waals surface area contributed by atoms with Crippen LogP contribution in [0.5, 0.6) is 0 Å². The molecule has 0 fully saturated rings. The number of thiophene rings is 1. The first-order chi connectivity index (χ1) is 9.82. The summed E-state index contributed by atoms with van der Waals surface area (Å²) in [6.07, 6.45) is 0. The molecular formula is C18H24BrNS. The van der Waals surface area contributed by atoms with Gasteiger partial charge in [0, 0.05) is 14.2 Å². The molecule has 1 nitrogen and oxygen atoms in total. The molecule has 0 bridgehead atoms. The molecule has 3 heteroatoms. The van der Waals surface area contributed by atoms with Crippen LogP contribution in [-0.4, -0.2) is 6.54 Å². The van der Waals surface area contributed by atoms with E-state index in [1.165, 1.54) is 25.4 Å². The first kappa shape index (κ1) is 16.7. The summed E-state index contributed by atoms with van der Waals surface area (Å²) >= 11 is 5.49. The van der Waals surface area contributed by atoms with E-state index in [9.17, 15) is 0 Å². The van der Waals surface area contributed by atoms with Crippen molar-refractivity contribution >= 4 is 27.3 Å². The summed E-state index contributed by atoms with van der Waals surface area (Å²) in [4.78, 5) is 2.70. The van der Waals surface area contributed by atoms with Gasteiger partial charge in [-0.15, -0.1) is 11.3 Å². The van der Waals surface area contributed by atoms with Crippen LogP contribution in [0.3, 0.4) is 0 Å². The molecule has 1 atom stereocenters. The highest BCUT2D eigenvalue weighted by Gasteiger charge is 2.18. The van der Waals surface area contributed by atoms with Gasteiger partial charge in [-0.05, 0) is 52.0 Å². The zero-order valence-corrected chi connectivity index (χ0v) is 15.9. The average molecular weight is 366 g/mol. The molecule has 0 spiro atoms. The topological polar surface area (TPSA) is 12.0 Å². The first-order valence-electron chi connectivity index (χ1n) is 7.42. The highest BCUT2D eigenvalue weighted by Crippen LogP contribution is 2.34. The van der Waals surface area contributed by atoms with Crippen molar-refractivity contribution in [1.82, 2.24) is 5.32 Å². The lowest BCUT2D eigenvalue weighted by molar-refractivity contribution is 0.588. The maximum Gasteiger partial charge on any atom is 0.0671 e. The molecule has 0 aliphatic carbocycles. The molecule has 0 saturated heterocycles. The van der Waals surface area contributed by atoms with Crippen molar-refractivity contribution in [2.45, 2.75) is 46.1 Å². The zero-order valence-electron chi connectivity index (χ0n) is 13.5. The van der Waals surface area contributed by atoms with Gasteiger partial charge < -0.3 is 5.32 Å². The van der Waals surface area contributed by atoms with Gasteiger partial charge >= 0.3 is 0 Å². The predicted octanol–water partition coefficient (Wildman–Crippen LogP) is 5.82. The molecule has 1 unspecified atom stereocenters. The predicted molar refractivity (Wildman–Crippen MR) is 97.4 cm³/mol. The van der Waals surface area contributed by atoms with E-state index in [0.29, 0.717) is 0 Å². The fraction of sp³-hybridized carbons (Fsp3) is 0.444. The van der Waals surface area contributed by atoms with Crippen LogP contribution < -0.4 is 5.32 Å². The van der Waals surface area contributed by atoms with E-state index in [2.05, 4.69) is 86.2 Å². The monoisotopic (exact) mass is 365 g/mol. The standard InChI is InChI=1S/C18H24BrNS/c1-6-20-17(16-11-15(19)12(2)21-16)13-7-9-14(10-8-13)18(3,4)5/h7-11,17,20H,6H2,1-5H3. The van der Waals surface area contributed by atoms with E-state index in [4.69, 9.17) is 0 Å². The van der Waals surface area contributed by atoms with E-state index < -0.39 is 0 Å². The molecule has 2 aromatic rings. The molecule has 0 radical (unpaired) electrons. The maximum absolute atomic E-state index is 3.63. The zero-order chi connectivity index (χ0) is 15.6. The summed E-state index contributed by atoms with van der Waals surface area (Å²) in [6, 6.07) is 11.6. The Kier molecular flexibility index (Phi) is 5.29. The summed E-state index contributed by atoms with van der Waals surface area (Å²) in [7, 11) is 0. The van der Waals surface area contributed by atoms with Gasteiger partial charge in [-0.3, -0.25) is 0 Å². The van der Waals surface area contributed by atoms with Crippen molar-refractivity contribution in [3.63, 3.8) is 0 Å². The van der Waals surface area contributed by atoms with Crippen LogP contribution in [0.4, 0.5) is 0 Å². The van der Waals surface area contributed by atoms with Crippen molar-refractivity contribution < 1.29 is 0 Å². The summed E-state index contributed by atoms with van der Waals surface area (Å²) in [5.74, 6) is 0. The smallest absolute Gasteiger partial charge is 0.0671 e. The number of nitrogens with one attached hydrogen (secondary N) is 1. The van der Waals surface area contributed by atoms with E-state index in [0.717, 1.165) is 6.54 Å². The number of halogens is 1. The van der Waals surface area contributed by atoms with Gasteiger partial charge in [0.1, 0.15) is 0 Å². The van der Waals surface area contributed by atoms with Gasteiger partial charge in [0.25, 0.3) is 0 Å². The van der Waals surface area contributed by atoms with Gasteiger partial charge in [-0.1, -0.05) is 52.0 Å². The number of hydrogen-bond donors (Lipinski definition) is 1. The van der Waals surface area contributed by atoms with Gasteiger partial charge in [0.2, 0.25) is 0 Å². The van der Waals surface area contributed by atoms with E-state index >= 15 is 0 Å². The molecule has 0 saturated carbocycles. The first-order valence-corrected chi connectivity index (χ1v) is 9.03. The van der Waals surface area contributed by atoms with E-state index in [1.54, 1.807) is 0 Å². The van der Waals surface area contributed by atoms with E-state index in [1.807, 2.05) is 11.3 Å². The SMILES string of the molecule is CCNC(c1ccc(C(C)(C)C)cc1)c1cc(Br)c(C)s1. The van der Waals surface area contributed by atoms with Crippen LogP contribution in [0, 0.1) is 6.92 Å². The molecule has 0 aliphatic heterocycles. The fourth-order valence-electron chi connectivity index (χ4n) is 2.39. The maximum atomic E-state index is 3.63. The summed E-state index contributed by atoms with van der Waals surface area (Å²) < 4.78 is 1.21. The molecule has 21 heavy (non-hydrogen) atoms. The van der Waals surface area contributed by atoms with Crippen LogP contribution >= 0.6 is 27.3 Å². The minimum atomic E-state index is 0.203. The van der Waals surface area contributed by atoms with Gasteiger partial charge in [0.05, 0.1) is 6.04 Å². The Bertz CT molecular complexity index is 573. The van der Waals surface area contributed by atoms with Crippen molar-refractivity contribution in [3.05, 3.63) is 55.7 Å². The van der Waals surface area contributed by atoms with E-state index in [-0.39, 0.29) is 11.5 Å². The molecule has 0 aliphatic rings. The molecule has 1 aromatic heterocycles. The quantitative estimate of drug-likeness (QED) is 0.719. The highest BCUT2D eigenvalue weighted by molar-refractivity contribution is 9.10. The van der Waals surface area contributed by atoms with Crippen molar-refractivity contribution in [3.8, 4) is 0 Å². The summed E-state index contributed by atoms with van der Waals surface area (Å²) in [5, 5.41) is 3.60. The Morgan fingerprint density at radius 3 is 2.24 bits per heavy atom. The number of benzene rings is 1. The lowest BCUT2D eigenvalue weighted by atomic mass is 9.86. The number of hydrogen-bond acceptors (Lipinski definition) is 2. The molecule has 1 N–H and O–H groups in total. The Morgan fingerprint density at radius 1 is 1.19 bits per heavy atom. The molecule has 1 aromatic carbocycles. The third-order valence-corrected chi connectivity index (χ3v) is 5.88. The van der Waals surface area contributed by atoms with Crippen molar-refractivity contribution in [1.29, 1.82) is 0 Å². The number of rotatable bonds is 4. The van der Waals surface area contributed by atoms with Gasteiger partial charge in [0.15, 0.2) is 0 Å². The Hall–Kier alpha value is -0.640.